The number of rotatable bonds is 4. The minimum atomic E-state index is 0.151. The van der Waals surface area contributed by atoms with Crippen LogP contribution in [0.4, 0.5) is 0 Å². The highest BCUT2D eigenvalue weighted by Crippen LogP contribution is 2.31. The van der Waals surface area contributed by atoms with Gasteiger partial charge in [0, 0.05) is 25.6 Å². The van der Waals surface area contributed by atoms with Crippen LogP contribution in [0.25, 0.3) is 0 Å². The largest absolute Gasteiger partial charge is 0.345 e. The number of hydrogen-bond donors (Lipinski definition) is 1. The molecule has 2 aliphatic rings. The topological polar surface area (TPSA) is 46.3 Å². The monoisotopic (exact) mass is 266 g/mol. The van der Waals surface area contributed by atoms with Crippen molar-refractivity contribution in [1.82, 2.24) is 4.90 Å². The van der Waals surface area contributed by atoms with Crippen LogP contribution >= 0.6 is 0 Å². The molecule has 19 heavy (non-hydrogen) atoms. The van der Waals surface area contributed by atoms with Gasteiger partial charge in [-0.05, 0) is 43.9 Å². The first-order chi connectivity index (χ1) is 9.08. The van der Waals surface area contributed by atoms with Gasteiger partial charge < -0.3 is 10.6 Å². The van der Waals surface area contributed by atoms with E-state index < -0.39 is 0 Å². The van der Waals surface area contributed by atoms with Crippen molar-refractivity contribution < 1.29 is 4.79 Å². The molecule has 2 N–H and O–H groups in total. The summed E-state index contributed by atoms with van der Waals surface area (Å²) in [5, 5.41) is 0. The standard InChI is InChI=1S/C16H30N2O/c1-12(14-8-5-9-15(17)10-14)16(19)18(2)11-13-6-3-4-7-13/h12-15H,3-11,17H2,1-2H3. The normalized spacial score (nSPS) is 30.3. The predicted octanol–water partition coefficient (Wildman–Crippen LogP) is 2.79. The SMILES string of the molecule is CC(C(=O)N(C)CC1CCCC1)C1CCCC(N)C1. The minimum absolute atomic E-state index is 0.151. The third-order valence-corrected chi connectivity index (χ3v) is 5.23. The second kappa shape index (κ2) is 6.74. The molecule has 1 amide bonds. The summed E-state index contributed by atoms with van der Waals surface area (Å²) in [6.07, 6.45) is 9.84. The molecule has 2 saturated carbocycles. The van der Waals surface area contributed by atoms with E-state index in [0.29, 0.717) is 17.9 Å². The Kier molecular flexibility index (Phi) is 5.26. The van der Waals surface area contributed by atoms with Gasteiger partial charge in [0.25, 0.3) is 0 Å². The van der Waals surface area contributed by atoms with E-state index in [2.05, 4.69) is 6.92 Å². The van der Waals surface area contributed by atoms with Crippen molar-refractivity contribution in [2.75, 3.05) is 13.6 Å². The maximum absolute atomic E-state index is 12.5. The minimum Gasteiger partial charge on any atom is -0.345 e. The van der Waals surface area contributed by atoms with Crippen molar-refractivity contribution in [2.24, 2.45) is 23.5 Å². The molecule has 3 heteroatoms. The lowest BCUT2D eigenvalue weighted by molar-refractivity contribution is -0.136. The Morgan fingerprint density at radius 3 is 2.53 bits per heavy atom. The van der Waals surface area contributed by atoms with Crippen LogP contribution in [0.15, 0.2) is 0 Å². The molecular formula is C16H30N2O. The Morgan fingerprint density at radius 1 is 1.21 bits per heavy atom. The van der Waals surface area contributed by atoms with Crippen molar-refractivity contribution in [2.45, 2.75) is 64.3 Å². The highest BCUT2D eigenvalue weighted by atomic mass is 16.2. The molecule has 2 aliphatic carbocycles. The van der Waals surface area contributed by atoms with Gasteiger partial charge in [0.05, 0.1) is 0 Å². The Hall–Kier alpha value is -0.570. The van der Waals surface area contributed by atoms with Crippen LogP contribution in [-0.2, 0) is 4.79 Å². The lowest BCUT2D eigenvalue weighted by Crippen LogP contribution is -2.40. The fraction of sp³-hybridized carbons (Fsp3) is 0.938. The molecular weight excluding hydrogens is 236 g/mol. The third-order valence-electron chi connectivity index (χ3n) is 5.23. The summed E-state index contributed by atoms with van der Waals surface area (Å²) in [6, 6.07) is 0.314. The molecule has 0 aromatic heterocycles. The first-order valence-electron chi connectivity index (χ1n) is 8.08. The van der Waals surface area contributed by atoms with Gasteiger partial charge in [-0.3, -0.25) is 4.79 Å². The first-order valence-corrected chi connectivity index (χ1v) is 8.08. The highest BCUT2D eigenvalue weighted by molar-refractivity contribution is 5.78. The van der Waals surface area contributed by atoms with Crippen molar-refractivity contribution in [3.8, 4) is 0 Å². The second-order valence-corrected chi connectivity index (χ2v) is 6.84. The van der Waals surface area contributed by atoms with E-state index in [4.69, 9.17) is 5.73 Å². The maximum Gasteiger partial charge on any atom is 0.225 e. The number of nitrogens with zero attached hydrogens (tertiary/aromatic N) is 1. The molecule has 0 bridgehead atoms. The van der Waals surface area contributed by atoms with Crippen LogP contribution < -0.4 is 5.73 Å². The molecule has 0 aromatic rings. The van der Waals surface area contributed by atoms with Crippen LogP contribution in [0.1, 0.15) is 58.3 Å². The molecule has 110 valence electrons. The van der Waals surface area contributed by atoms with E-state index in [1.165, 1.54) is 38.5 Å². The summed E-state index contributed by atoms with van der Waals surface area (Å²) in [5.41, 5.74) is 6.05. The Morgan fingerprint density at radius 2 is 1.89 bits per heavy atom. The van der Waals surface area contributed by atoms with Gasteiger partial charge in [-0.1, -0.05) is 26.2 Å². The van der Waals surface area contributed by atoms with Crippen LogP contribution in [0.2, 0.25) is 0 Å². The summed E-state index contributed by atoms with van der Waals surface area (Å²) in [5.74, 6) is 1.74. The summed E-state index contributed by atoms with van der Waals surface area (Å²) >= 11 is 0. The lowest BCUT2D eigenvalue weighted by atomic mass is 9.78. The van der Waals surface area contributed by atoms with E-state index in [1.54, 1.807) is 0 Å². The van der Waals surface area contributed by atoms with Crippen molar-refractivity contribution in [3.05, 3.63) is 0 Å². The molecule has 0 saturated heterocycles. The van der Waals surface area contributed by atoms with Gasteiger partial charge in [-0.25, -0.2) is 0 Å². The highest BCUT2D eigenvalue weighted by Gasteiger charge is 2.31. The molecule has 3 nitrogen and oxygen atoms in total. The van der Waals surface area contributed by atoms with E-state index >= 15 is 0 Å². The molecule has 0 aliphatic heterocycles. The smallest absolute Gasteiger partial charge is 0.225 e. The van der Waals surface area contributed by atoms with Crippen LogP contribution in [-0.4, -0.2) is 30.4 Å². The summed E-state index contributed by atoms with van der Waals surface area (Å²) in [7, 11) is 1.99. The molecule has 0 heterocycles. The van der Waals surface area contributed by atoms with E-state index in [-0.39, 0.29) is 5.92 Å². The first kappa shape index (κ1) is 14.8. The van der Waals surface area contributed by atoms with Gasteiger partial charge in [0.2, 0.25) is 5.91 Å². The average Bonchev–Trinajstić information content (AvgIpc) is 2.89. The molecule has 3 unspecified atom stereocenters. The fourth-order valence-corrected chi connectivity index (χ4v) is 3.94. The van der Waals surface area contributed by atoms with Gasteiger partial charge in [-0.15, -0.1) is 0 Å². The third kappa shape index (κ3) is 3.95. The van der Waals surface area contributed by atoms with Gasteiger partial charge >= 0.3 is 0 Å². The summed E-state index contributed by atoms with van der Waals surface area (Å²) < 4.78 is 0. The number of carbonyl (C=O) groups is 1. The molecule has 0 aromatic carbocycles. The summed E-state index contributed by atoms with van der Waals surface area (Å²) in [6.45, 7) is 3.07. The zero-order valence-electron chi connectivity index (χ0n) is 12.6. The molecule has 0 radical (unpaired) electrons. The lowest BCUT2D eigenvalue weighted by Gasteiger charge is -2.33. The molecule has 2 rings (SSSR count). The van der Waals surface area contributed by atoms with Gasteiger partial charge in [0.1, 0.15) is 0 Å². The van der Waals surface area contributed by atoms with Crippen LogP contribution in [0.5, 0.6) is 0 Å². The number of amides is 1. The zero-order valence-corrected chi connectivity index (χ0v) is 12.6. The molecule has 2 fully saturated rings. The predicted molar refractivity (Wildman–Crippen MR) is 78.7 cm³/mol. The summed E-state index contributed by atoms with van der Waals surface area (Å²) in [4.78, 5) is 14.5. The van der Waals surface area contributed by atoms with Gasteiger partial charge in [0.15, 0.2) is 0 Å². The van der Waals surface area contributed by atoms with E-state index in [0.717, 1.165) is 25.3 Å². The number of carbonyl (C=O) groups excluding carboxylic acids is 1. The van der Waals surface area contributed by atoms with Crippen molar-refractivity contribution in [3.63, 3.8) is 0 Å². The molecule has 3 atom stereocenters. The number of hydrogen-bond acceptors (Lipinski definition) is 2. The van der Waals surface area contributed by atoms with E-state index in [1.807, 2.05) is 11.9 Å². The van der Waals surface area contributed by atoms with Crippen LogP contribution in [0, 0.1) is 17.8 Å². The average molecular weight is 266 g/mol. The Balaban J connectivity index is 1.83. The van der Waals surface area contributed by atoms with E-state index in [9.17, 15) is 4.79 Å². The quantitative estimate of drug-likeness (QED) is 0.850. The molecule has 0 spiro atoms. The van der Waals surface area contributed by atoms with Crippen LogP contribution in [0.3, 0.4) is 0 Å². The fourth-order valence-electron chi connectivity index (χ4n) is 3.94. The zero-order chi connectivity index (χ0) is 13.8. The Bertz CT molecular complexity index is 299. The maximum atomic E-state index is 12.5. The Labute approximate surface area is 117 Å². The van der Waals surface area contributed by atoms with Crippen molar-refractivity contribution >= 4 is 5.91 Å². The number of nitrogens with two attached hydrogens (primary N) is 1. The second-order valence-electron chi connectivity index (χ2n) is 6.84. The van der Waals surface area contributed by atoms with Gasteiger partial charge in [-0.2, -0.15) is 0 Å². The van der Waals surface area contributed by atoms with Crippen molar-refractivity contribution in [1.29, 1.82) is 0 Å².